The van der Waals surface area contributed by atoms with Gasteiger partial charge in [-0.25, -0.2) is 0 Å². The van der Waals surface area contributed by atoms with Crippen LogP contribution in [0.3, 0.4) is 0 Å². The number of ketones is 1. The highest BCUT2D eigenvalue weighted by molar-refractivity contribution is 6.09. The highest BCUT2D eigenvalue weighted by Crippen LogP contribution is 2.37. The maximum absolute atomic E-state index is 12.5. The number of rotatable bonds is 3. The summed E-state index contributed by atoms with van der Waals surface area (Å²) in [6, 6.07) is 3.93. The molecule has 1 N–H and O–H groups in total. The molecule has 0 amide bonds. The van der Waals surface area contributed by atoms with Gasteiger partial charge in [0.1, 0.15) is 17.2 Å². The number of hydrogen-bond acceptors (Lipinski definition) is 6. The van der Waals surface area contributed by atoms with Gasteiger partial charge in [-0.05, 0) is 45.2 Å². The first-order valence-electron chi connectivity index (χ1n) is 8.88. The molecule has 0 aromatic carbocycles. The molecule has 1 aromatic rings. The van der Waals surface area contributed by atoms with E-state index in [2.05, 4.69) is 22.9 Å². The van der Waals surface area contributed by atoms with E-state index in [9.17, 15) is 15.2 Å². The number of hydrogen-bond donors (Lipinski definition) is 1. The number of methoxy groups -OCH3 is 1. The van der Waals surface area contributed by atoms with Crippen molar-refractivity contribution in [3.63, 3.8) is 0 Å². The van der Waals surface area contributed by atoms with Gasteiger partial charge in [0.15, 0.2) is 5.78 Å². The summed E-state index contributed by atoms with van der Waals surface area (Å²) in [4.78, 5) is 18.9. The monoisotopic (exact) mass is 355 g/mol. The Morgan fingerprint density at radius 3 is 2.58 bits per heavy atom. The van der Waals surface area contributed by atoms with Crippen LogP contribution in [0.5, 0.6) is 0 Å². The lowest BCUT2D eigenvalue weighted by Crippen LogP contribution is -2.44. The minimum atomic E-state index is -1.09. The fourth-order valence-electron chi connectivity index (χ4n) is 3.56. The average molecular weight is 355 g/mol. The SMILES string of the molecule is COC1(C)CCN(C2=C(C#N)C(=O)Cc3cnc(C(C)(C)O)cc32)CC1. The maximum atomic E-state index is 12.5. The molecular weight excluding hydrogens is 330 g/mol. The van der Waals surface area contributed by atoms with Crippen LogP contribution in [0.1, 0.15) is 50.4 Å². The number of carbonyl (C=O) groups is 1. The summed E-state index contributed by atoms with van der Waals surface area (Å²) in [5.41, 5.74) is 1.76. The number of allylic oxidation sites excluding steroid dienone is 1. The van der Waals surface area contributed by atoms with Gasteiger partial charge in [-0.3, -0.25) is 9.78 Å². The number of fused-ring (bicyclic) bond motifs is 1. The van der Waals surface area contributed by atoms with Crippen molar-refractivity contribution in [1.82, 2.24) is 9.88 Å². The van der Waals surface area contributed by atoms with Crippen LogP contribution in [0.15, 0.2) is 17.8 Å². The first kappa shape index (κ1) is 18.6. The second-order valence-corrected chi connectivity index (χ2v) is 7.86. The number of nitrogens with zero attached hydrogens (tertiary/aromatic N) is 3. The summed E-state index contributed by atoms with van der Waals surface area (Å²) in [5.74, 6) is -0.173. The molecule has 3 rings (SSSR count). The molecule has 0 bridgehead atoms. The van der Waals surface area contributed by atoms with Crippen molar-refractivity contribution in [3.8, 4) is 6.07 Å². The fraction of sp³-hybridized carbons (Fsp3) is 0.550. The van der Waals surface area contributed by atoms with Crippen LogP contribution < -0.4 is 0 Å². The van der Waals surface area contributed by atoms with Crippen molar-refractivity contribution in [2.45, 2.75) is 51.2 Å². The second kappa shape index (κ2) is 6.49. The lowest BCUT2D eigenvalue weighted by Gasteiger charge is -2.41. The topological polar surface area (TPSA) is 86.5 Å². The largest absolute Gasteiger partial charge is 0.384 e. The third kappa shape index (κ3) is 3.25. The molecule has 6 heteroatoms. The summed E-state index contributed by atoms with van der Waals surface area (Å²) in [5, 5.41) is 19.9. The Hall–Kier alpha value is -2.23. The molecule has 0 spiro atoms. The molecular formula is C20H25N3O3. The Morgan fingerprint density at radius 2 is 2.04 bits per heavy atom. The lowest BCUT2D eigenvalue weighted by molar-refractivity contribution is -0.114. The third-order valence-corrected chi connectivity index (χ3v) is 5.48. The normalized spacial score (nSPS) is 20.0. The summed E-state index contributed by atoms with van der Waals surface area (Å²) < 4.78 is 5.60. The van der Waals surface area contributed by atoms with Gasteiger partial charge in [0, 0.05) is 38.4 Å². The molecule has 1 aromatic heterocycles. The third-order valence-electron chi connectivity index (χ3n) is 5.48. The summed E-state index contributed by atoms with van der Waals surface area (Å²) in [6.45, 7) is 6.85. The van der Waals surface area contributed by atoms with E-state index in [-0.39, 0.29) is 23.4 Å². The summed E-state index contributed by atoms with van der Waals surface area (Å²) >= 11 is 0. The van der Waals surface area contributed by atoms with Crippen LogP contribution in [-0.2, 0) is 21.6 Å². The van der Waals surface area contributed by atoms with Crippen molar-refractivity contribution in [2.24, 2.45) is 0 Å². The zero-order valence-corrected chi connectivity index (χ0v) is 15.8. The van der Waals surface area contributed by atoms with Gasteiger partial charge in [-0.15, -0.1) is 0 Å². The molecule has 0 radical (unpaired) electrons. The average Bonchev–Trinajstić information content (AvgIpc) is 2.60. The molecule has 0 atom stereocenters. The first-order valence-corrected chi connectivity index (χ1v) is 8.88. The number of nitriles is 1. The van der Waals surface area contributed by atoms with Gasteiger partial charge in [-0.1, -0.05) is 0 Å². The molecule has 2 aliphatic rings. The zero-order valence-electron chi connectivity index (χ0n) is 15.8. The Labute approximate surface area is 154 Å². The van der Waals surface area contributed by atoms with E-state index in [0.29, 0.717) is 24.5 Å². The van der Waals surface area contributed by atoms with Crippen molar-refractivity contribution >= 4 is 11.5 Å². The lowest BCUT2D eigenvalue weighted by atomic mass is 9.85. The Bertz CT molecular complexity index is 807. The quantitative estimate of drug-likeness (QED) is 0.894. The number of pyridine rings is 1. The van der Waals surface area contributed by atoms with Gasteiger partial charge < -0.3 is 14.7 Å². The van der Waals surface area contributed by atoms with Crippen molar-refractivity contribution in [1.29, 1.82) is 5.26 Å². The van der Waals surface area contributed by atoms with E-state index in [1.54, 1.807) is 27.2 Å². The highest BCUT2D eigenvalue weighted by Gasteiger charge is 2.36. The van der Waals surface area contributed by atoms with E-state index in [0.717, 1.165) is 24.0 Å². The smallest absolute Gasteiger partial charge is 0.179 e. The van der Waals surface area contributed by atoms with E-state index >= 15 is 0 Å². The maximum Gasteiger partial charge on any atom is 0.179 e. The van der Waals surface area contributed by atoms with Crippen LogP contribution >= 0.6 is 0 Å². The van der Waals surface area contributed by atoms with Gasteiger partial charge >= 0.3 is 0 Å². The standard InChI is InChI=1S/C20H25N3O3/c1-19(2,25)17-10-14-13(12-22-17)9-16(24)15(11-21)18(14)23-7-5-20(3,26-4)6-8-23/h10,12,25H,5-9H2,1-4H3. The Balaban J connectivity index is 2.07. The Kier molecular flexibility index (Phi) is 4.63. The molecule has 0 unspecified atom stereocenters. The predicted octanol–water partition coefficient (Wildman–Crippen LogP) is 2.17. The van der Waals surface area contributed by atoms with Gasteiger partial charge in [0.25, 0.3) is 0 Å². The number of carbonyl (C=O) groups excluding carboxylic acids is 1. The molecule has 138 valence electrons. The molecule has 2 heterocycles. The summed E-state index contributed by atoms with van der Waals surface area (Å²) in [7, 11) is 1.72. The van der Waals surface area contributed by atoms with Crippen LogP contribution in [0, 0.1) is 11.3 Å². The number of Topliss-reactive ketones (excluding diaryl/α,β-unsaturated/α-hetero) is 1. The van der Waals surface area contributed by atoms with Crippen LogP contribution in [-0.4, -0.2) is 46.6 Å². The molecule has 1 saturated heterocycles. The van der Waals surface area contributed by atoms with Crippen LogP contribution in [0.4, 0.5) is 0 Å². The molecule has 0 saturated carbocycles. The van der Waals surface area contributed by atoms with Crippen molar-refractivity contribution in [2.75, 3.05) is 20.2 Å². The van der Waals surface area contributed by atoms with Gasteiger partial charge in [0.05, 0.1) is 17.0 Å². The number of piperidine rings is 1. The molecule has 6 nitrogen and oxygen atoms in total. The van der Waals surface area contributed by atoms with Crippen LogP contribution in [0.2, 0.25) is 0 Å². The summed E-state index contributed by atoms with van der Waals surface area (Å²) in [6.07, 6.45) is 3.46. The number of ether oxygens (including phenoxy) is 1. The van der Waals surface area contributed by atoms with E-state index < -0.39 is 5.60 Å². The van der Waals surface area contributed by atoms with Crippen molar-refractivity contribution < 1.29 is 14.6 Å². The highest BCUT2D eigenvalue weighted by atomic mass is 16.5. The molecule has 1 fully saturated rings. The Morgan fingerprint density at radius 1 is 1.38 bits per heavy atom. The number of aliphatic hydroxyl groups is 1. The molecule has 26 heavy (non-hydrogen) atoms. The minimum Gasteiger partial charge on any atom is -0.384 e. The van der Waals surface area contributed by atoms with E-state index in [4.69, 9.17) is 4.74 Å². The van der Waals surface area contributed by atoms with Crippen molar-refractivity contribution in [3.05, 3.63) is 34.7 Å². The predicted molar refractivity (Wildman–Crippen MR) is 96.9 cm³/mol. The number of aromatic nitrogens is 1. The van der Waals surface area contributed by atoms with Gasteiger partial charge in [0.2, 0.25) is 0 Å². The second-order valence-electron chi connectivity index (χ2n) is 7.86. The molecule has 1 aliphatic carbocycles. The minimum absolute atomic E-state index is 0.171. The zero-order chi connectivity index (χ0) is 19.1. The van der Waals surface area contributed by atoms with Gasteiger partial charge in [-0.2, -0.15) is 5.26 Å². The first-order chi connectivity index (χ1) is 12.2. The molecule has 1 aliphatic heterocycles. The van der Waals surface area contributed by atoms with Crippen LogP contribution in [0.25, 0.3) is 5.70 Å². The number of likely N-dealkylation sites (tertiary alicyclic amines) is 1. The van der Waals surface area contributed by atoms with E-state index in [1.807, 2.05) is 6.07 Å². The fourth-order valence-corrected chi connectivity index (χ4v) is 3.56. The van der Waals surface area contributed by atoms with E-state index in [1.165, 1.54) is 0 Å².